The average Bonchev–Trinajstić information content (AvgIpc) is 3.69. The number of fused-ring (bicyclic) bond motifs is 4. The quantitative estimate of drug-likeness (QED) is 0.423. The number of likely N-dealkylation sites (tertiary alicyclic amines) is 1. The van der Waals surface area contributed by atoms with E-state index in [9.17, 15) is 18.8 Å². The highest BCUT2D eigenvalue weighted by atomic mass is 19.1. The standard InChI is InChI=1S/C29H30F2N8O/c1-17-15-37(26-5-3-21(12-32)39-28(26)23(31)14-34-39)16-27-22-4-2-19(10-24(22)35-38(17)27)18-6-8-36(9-7-18)29(40)25-11-20(30)13-33-25/h2-5,10,14,17-18,20,25,33H,6-9,11,13,15-16H2,1H3/t17-,20+,25+/m1/s1. The van der Waals surface area contributed by atoms with Crippen molar-refractivity contribution in [3.05, 3.63) is 59.3 Å². The van der Waals surface area contributed by atoms with Gasteiger partial charge in [0.05, 0.1) is 41.7 Å². The van der Waals surface area contributed by atoms with Gasteiger partial charge in [0.25, 0.3) is 0 Å². The Morgan fingerprint density at radius 3 is 2.77 bits per heavy atom. The fourth-order valence-corrected chi connectivity index (χ4v) is 6.70. The number of nitriles is 1. The molecular weight excluding hydrogens is 514 g/mol. The molecule has 7 rings (SSSR count). The van der Waals surface area contributed by atoms with Gasteiger partial charge < -0.3 is 15.1 Å². The number of pyridine rings is 1. The first-order valence-corrected chi connectivity index (χ1v) is 13.9. The first-order valence-electron chi connectivity index (χ1n) is 13.9. The number of hydrogen-bond donors (Lipinski definition) is 1. The van der Waals surface area contributed by atoms with Crippen LogP contribution in [0.2, 0.25) is 0 Å². The summed E-state index contributed by atoms with van der Waals surface area (Å²) in [5.74, 6) is -0.0970. The summed E-state index contributed by atoms with van der Waals surface area (Å²) in [6.45, 7) is 4.91. The highest BCUT2D eigenvalue weighted by Crippen LogP contribution is 2.36. The molecule has 1 amide bonds. The molecule has 11 heteroatoms. The van der Waals surface area contributed by atoms with Crippen LogP contribution in [0.25, 0.3) is 16.4 Å². The lowest BCUT2D eigenvalue weighted by Crippen LogP contribution is -2.46. The fraction of sp³-hybridized carbons (Fsp3) is 0.448. The molecule has 1 aromatic carbocycles. The molecule has 0 spiro atoms. The number of nitrogens with one attached hydrogen (secondary N) is 1. The molecule has 206 valence electrons. The fourth-order valence-electron chi connectivity index (χ4n) is 6.70. The van der Waals surface area contributed by atoms with Crippen LogP contribution in [0.15, 0.2) is 36.5 Å². The number of aromatic nitrogens is 4. The van der Waals surface area contributed by atoms with E-state index in [-0.39, 0.29) is 30.6 Å². The molecule has 4 aromatic rings. The van der Waals surface area contributed by atoms with E-state index in [2.05, 4.69) is 51.2 Å². The summed E-state index contributed by atoms with van der Waals surface area (Å²) in [4.78, 5) is 16.8. The maximum Gasteiger partial charge on any atom is 0.239 e. The molecule has 3 aliphatic heterocycles. The normalized spacial score (nSPS) is 23.6. The van der Waals surface area contributed by atoms with Gasteiger partial charge >= 0.3 is 0 Å². The van der Waals surface area contributed by atoms with Gasteiger partial charge in [0.1, 0.15) is 23.5 Å². The van der Waals surface area contributed by atoms with E-state index >= 15 is 0 Å². The van der Waals surface area contributed by atoms with E-state index in [4.69, 9.17) is 5.10 Å². The van der Waals surface area contributed by atoms with Crippen molar-refractivity contribution in [2.24, 2.45) is 0 Å². The predicted molar refractivity (Wildman–Crippen MR) is 145 cm³/mol. The topological polar surface area (TPSA) is 94.5 Å². The van der Waals surface area contributed by atoms with Gasteiger partial charge in [0.15, 0.2) is 5.82 Å². The zero-order valence-electron chi connectivity index (χ0n) is 22.2. The number of rotatable bonds is 3. The summed E-state index contributed by atoms with van der Waals surface area (Å²) >= 11 is 0. The molecule has 0 aliphatic carbocycles. The molecule has 0 bridgehead atoms. The third kappa shape index (κ3) is 4.01. The minimum atomic E-state index is -0.939. The van der Waals surface area contributed by atoms with Crippen molar-refractivity contribution in [3.63, 3.8) is 0 Å². The number of benzene rings is 1. The Morgan fingerprint density at radius 2 is 2.02 bits per heavy atom. The van der Waals surface area contributed by atoms with E-state index < -0.39 is 18.0 Å². The molecule has 3 aliphatic rings. The molecule has 2 fully saturated rings. The van der Waals surface area contributed by atoms with Gasteiger partial charge in [-0.3, -0.25) is 9.48 Å². The van der Waals surface area contributed by atoms with Crippen molar-refractivity contribution < 1.29 is 13.6 Å². The van der Waals surface area contributed by atoms with E-state index in [1.54, 1.807) is 12.1 Å². The Balaban J connectivity index is 1.12. The van der Waals surface area contributed by atoms with Crippen molar-refractivity contribution in [3.8, 4) is 6.07 Å². The van der Waals surface area contributed by atoms with Crippen LogP contribution in [-0.2, 0) is 11.3 Å². The molecule has 40 heavy (non-hydrogen) atoms. The van der Waals surface area contributed by atoms with Gasteiger partial charge in [-0.05, 0) is 49.4 Å². The van der Waals surface area contributed by atoms with E-state index in [1.807, 2.05) is 4.90 Å². The van der Waals surface area contributed by atoms with Gasteiger partial charge in [-0.1, -0.05) is 12.1 Å². The maximum absolute atomic E-state index is 14.8. The number of carbonyl (C=O) groups excluding carboxylic acids is 1. The molecule has 2 saturated heterocycles. The maximum atomic E-state index is 14.8. The van der Waals surface area contributed by atoms with Crippen molar-refractivity contribution in [1.29, 1.82) is 5.26 Å². The molecule has 3 atom stereocenters. The predicted octanol–water partition coefficient (Wildman–Crippen LogP) is 3.68. The van der Waals surface area contributed by atoms with Gasteiger partial charge in [0.2, 0.25) is 5.91 Å². The monoisotopic (exact) mass is 544 g/mol. The molecule has 1 N–H and O–H groups in total. The summed E-state index contributed by atoms with van der Waals surface area (Å²) in [6, 6.07) is 11.7. The van der Waals surface area contributed by atoms with Crippen LogP contribution in [0.1, 0.15) is 55.1 Å². The largest absolute Gasteiger partial charge is 0.362 e. The van der Waals surface area contributed by atoms with Crippen LogP contribution in [-0.4, -0.2) is 68.6 Å². The first-order chi connectivity index (χ1) is 19.4. The zero-order valence-corrected chi connectivity index (χ0v) is 22.2. The summed E-state index contributed by atoms with van der Waals surface area (Å²) in [7, 11) is 0. The molecule has 0 unspecified atom stereocenters. The van der Waals surface area contributed by atoms with Crippen LogP contribution in [0, 0.1) is 17.1 Å². The number of piperidine rings is 1. The number of hydrogen-bond acceptors (Lipinski definition) is 6. The number of nitrogens with zero attached hydrogens (tertiary/aromatic N) is 7. The highest BCUT2D eigenvalue weighted by Gasteiger charge is 2.34. The van der Waals surface area contributed by atoms with E-state index in [0.29, 0.717) is 43.3 Å². The van der Waals surface area contributed by atoms with E-state index in [1.165, 1.54) is 10.1 Å². The summed E-state index contributed by atoms with van der Waals surface area (Å²) in [5.41, 5.74) is 4.52. The second-order valence-electron chi connectivity index (χ2n) is 11.3. The third-order valence-electron chi connectivity index (χ3n) is 8.77. The number of amides is 1. The van der Waals surface area contributed by atoms with Gasteiger partial charge in [-0.25, -0.2) is 13.3 Å². The molecular formula is C29H30F2N8O. The van der Waals surface area contributed by atoms with Crippen LogP contribution < -0.4 is 10.2 Å². The van der Waals surface area contributed by atoms with Crippen molar-refractivity contribution in [1.82, 2.24) is 29.6 Å². The molecule has 0 radical (unpaired) electrons. The SMILES string of the molecule is C[C@@H]1CN(c2ccc(C#N)n3ncc(F)c23)Cc2c3ccc(C4CCN(C(=O)[C@@H]5C[C@H](F)CN5)CC4)cc3nn21. The van der Waals surface area contributed by atoms with Gasteiger partial charge in [0, 0.05) is 38.0 Å². The minimum Gasteiger partial charge on any atom is -0.362 e. The third-order valence-corrected chi connectivity index (χ3v) is 8.77. The first kappa shape index (κ1) is 25.0. The molecule has 3 aromatic heterocycles. The van der Waals surface area contributed by atoms with Gasteiger partial charge in [-0.2, -0.15) is 15.5 Å². The van der Waals surface area contributed by atoms with Crippen LogP contribution in [0.5, 0.6) is 0 Å². The van der Waals surface area contributed by atoms with Crippen molar-refractivity contribution in [2.45, 2.75) is 56.9 Å². The lowest BCUT2D eigenvalue weighted by Gasteiger charge is -2.34. The Bertz CT molecular complexity index is 1660. The zero-order chi connectivity index (χ0) is 27.5. The summed E-state index contributed by atoms with van der Waals surface area (Å²) in [5, 5.41) is 22.5. The van der Waals surface area contributed by atoms with Gasteiger partial charge in [-0.15, -0.1) is 0 Å². The number of alkyl halides is 1. The highest BCUT2D eigenvalue weighted by molar-refractivity contribution is 5.84. The van der Waals surface area contributed by atoms with E-state index in [0.717, 1.165) is 35.6 Å². The minimum absolute atomic E-state index is 0.0183. The Morgan fingerprint density at radius 1 is 1.20 bits per heavy atom. The average molecular weight is 545 g/mol. The number of carbonyl (C=O) groups is 1. The summed E-state index contributed by atoms with van der Waals surface area (Å²) < 4.78 is 31.8. The Hall–Kier alpha value is -4.04. The second-order valence-corrected chi connectivity index (χ2v) is 11.3. The lowest BCUT2D eigenvalue weighted by atomic mass is 9.88. The van der Waals surface area contributed by atoms with Crippen LogP contribution >= 0.6 is 0 Å². The molecule has 0 saturated carbocycles. The van der Waals surface area contributed by atoms with Crippen LogP contribution in [0.4, 0.5) is 14.5 Å². The van der Waals surface area contributed by atoms with Crippen molar-refractivity contribution >= 4 is 28.0 Å². The Labute approximate surface area is 229 Å². The summed E-state index contributed by atoms with van der Waals surface area (Å²) in [6.07, 6.45) is 2.22. The smallest absolute Gasteiger partial charge is 0.239 e. The lowest BCUT2D eigenvalue weighted by molar-refractivity contribution is -0.134. The number of halogens is 2. The van der Waals surface area contributed by atoms with Crippen molar-refractivity contribution in [2.75, 3.05) is 31.1 Å². The number of anilines is 1. The van der Waals surface area contributed by atoms with Crippen LogP contribution in [0.3, 0.4) is 0 Å². The molecule has 6 heterocycles. The molecule has 9 nitrogen and oxygen atoms in total. The second kappa shape index (κ2) is 9.55. The Kier molecular flexibility index (Phi) is 5.96.